The summed E-state index contributed by atoms with van der Waals surface area (Å²) in [6.45, 7) is 2.31. The molecule has 4 N–H and O–H groups in total. The van der Waals surface area contributed by atoms with Gasteiger partial charge in [-0.3, -0.25) is 14.9 Å². The fraction of sp³-hybridized carbons (Fsp3) is 0.292. The Balaban J connectivity index is 1.39. The lowest BCUT2D eigenvalue weighted by molar-refractivity contribution is 0.0601. The minimum atomic E-state index is -3.75. The fourth-order valence-corrected chi connectivity index (χ4v) is 6.22. The van der Waals surface area contributed by atoms with Crippen LogP contribution >= 0.6 is 0 Å². The average Bonchev–Trinajstić information content (AvgIpc) is 3.70. The number of aromatic amines is 2. The van der Waals surface area contributed by atoms with Gasteiger partial charge in [0.15, 0.2) is 15.5 Å². The number of nitrogen functional groups attached to an aromatic ring is 1. The van der Waals surface area contributed by atoms with Crippen molar-refractivity contribution in [2.45, 2.75) is 36.6 Å². The molecule has 1 amide bonds. The number of piperidine rings is 1. The Morgan fingerprint density at radius 1 is 1.18 bits per heavy atom. The van der Waals surface area contributed by atoms with Crippen LogP contribution in [0, 0.1) is 0 Å². The zero-order chi connectivity index (χ0) is 27.3. The van der Waals surface area contributed by atoms with Crippen molar-refractivity contribution < 1.29 is 13.2 Å². The van der Waals surface area contributed by atoms with E-state index in [-0.39, 0.29) is 34.4 Å². The van der Waals surface area contributed by atoms with E-state index < -0.39 is 9.84 Å². The molecule has 14 nitrogen and oxygen atoms in total. The maximum absolute atomic E-state index is 12.9. The summed E-state index contributed by atoms with van der Waals surface area (Å²) in [7, 11) is -3.75. The summed E-state index contributed by atoms with van der Waals surface area (Å²) < 4.78 is 27.2. The summed E-state index contributed by atoms with van der Waals surface area (Å²) in [5.74, 6) is -0.342. The minimum Gasteiger partial charge on any atom is -0.382 e. The Morgan fingerprint density at radius 3 is 2.67 bits per heavy atom. The third-order valence-corrected chi connectivity index (χ3v) is 8.21. The maximum atomic E-state index is 12.9. The number of nitrogens with one attached hydrogen (secondary N) is 2. The van der Waals surface area contributed by atoms with Gasteiger partial charge in [-0.05, 0) is 25.8 Å². The molecule has 200 valence electrons. The molecule has 5 aromatic heterocycles. The molecule has 15 heteroatoms. The highest BCUT2D eigenvalue weighted by atomic mass is 32.2. The standard InChI is InChI=1S/C24H25N11O3S/c1-13-7-14(5-6-34(13)24(36)22-27-12-30-33-22)19-20(39(2,37)38)21(25)35-23(32-19)17(11-31-35)15-3-4-18(26-8-15)16-9-28-29-10-16/h3-4,8-14H,5-7,25H2,1-2H3,(H,28,29)(H,27,30,33)/t13-,14+/m0/s1. The van der Waals surface area contributed by atoms with Gasteiger partial charge in [-0.2, -0.15) is 14.7 Å². The highest BCUT2D eigenvalue weighted by Gasteiger charge is 2.36. The maximum Gasteiger partial charge on any atom is 0.291 e. The average molecular weight is 548 g/mol. The van der Waals surface area contributed by atoms with Crippen LogP contribution in [-0.4, -0.2) is 83.0 Å². The molecule has 0 radical (unpaired) electrons. The summed E-state index contributed by atoms with van der Waals surface area (Å²) in [4.78, 5) is 26.7. The molecule has 2 atom stereocenters. The number of likely N-dealkylation sites (tertiary alicyclic amines) is 1. The third-order valence-electron chi connectivity index (χ3n) is 7.05. The van der Waals surface area contributed by atoms with Crippen LogP contribution in [0.3, 0.4) is 0 Å². The second kappa shape index (κ2) is 9.27. The van der Waals surface area contributed by atoms with E-state index in [9.17, 15) is 13.2 Å². The normalized spacial score (nSPS) is 18.1. The number of carbonyl (C=O) groups is 1. The molecule has 0 aromatic carbocycles. The summed E-state index contributed by atoms with van der Waals surface area (Å²) in [5.41, 5.74) is 10.3. The van der Waals surface area contributed by atoms with Crippen LogP contribution in [-0.2, 0) is 9.84 Å². The lowest BCUT2D eigenvalue weighted by atomic mass is 9.88. The number of sulfone groups is 1. The predicted octanol–water partition coefficient (Wildman–Crippen LogP) is 1.69. The minimum absolute atomic E-state index is 0.000421. The molecule has 1 saturated heterocycles. The number of hydrogen-bond acceptors (Lipinski definition) is 10. The van der Waals surface area contributed by atoms with Crippen LogP contribution in [0.4, 0.5) is 5.82 Å². The van der Waals surface area contributed by atoms with Crippen molar-refractivity contribution >= 4 is 27.2 Å². The SMILES string of the molecule is C[C@H]1C[C@H](c2nc3c(-c4ccc(-c5cn[nH]c5)nc4)cnn3c(N)c2S(C)(=O)=O)CCN1C(=O)c1nnc[nH]1. The lowest BCUT2D eigenvalue weighted by Crippen LogP contribution is -2.44. The Morgan fingerprint density at radius 2 is 2.03 bits per heavy atom. The Kier molecular flexibility index (Phi) is 5.86. The first-order valence-corrected chi connectivity index (χ1v) is 14.1. The molecule has 0 spiro atoms. The zero-order valence-electron chi connectivity index (χ0n) is 21.1. The highest BCUT2D eigenvalue weighted by molar-refractivity contribution is 7.91. The highest BCUT2D eigenvalue weighted by Crippen LogP contribution is 2.38. The number of pyridine rings is 1. The molecule has 6 heterocycles. The quantitative estimate of drug-likeness (QED) is 0.291. The van der Waals surface area contributed by atoms with E-state index in [1.165, 1.54) is 10.8 Å². The van der Waals surface area contributed by atoms with Gasteiger partial charge in [0.1, 0.15) is 17.0 Å². The molecule has 0 aliphatic carbocycles. The van der Waals surface area contributed by atoms with Crippen LogP contribution in [0.15, 0.2) is 48.1 Å². The molecular formula is C24H25N11O3S. The largest absolute Gasteiger partial charge is 0.382 e. The smallest absolute Gasteiger partial charge is 0.291 e. The van der Waals surface area contributed by atoms with E-state index in [4.69, 9.17) is 10.7 Å². The van der Waals surface area contributed by atoms with Gasteiger partial charge in [0.25, 0.3) is 5.91 Å². The molecule has 1 fully saturated rings. The van der Waals surface area contributed by atoms with Gasteiger partial charge in [0, 0.05) is 53.8 Å². The molecule has 0 unspecified atom stereocenters. The summed E-state index contributed by atoms with van der Waals surface area (Å²) in [6, 6.07) is 3.56. The second-order valence-electron chi connectivity index (χ2n) is 9.60. The first-order chi connectivity index (χ1) is 18.7. The van der Waals surface area contributed by atoms with E-state index in [1.54, 1.807) is 29.7 Å². The second-order valence-corrected chi connectivity index (χ2v) is 11.6. The van der Waals surface area contributed by atoms with Crippen molar-refractivity contribution in [3.63, 3.8) is 0 Å². The van der Waals surface area contributed by atoms with Gasteiger partial charge < -0.3 is 15.6 Å². The fourth-order valence-electron chi connectivity index (χ4n) is 5.16. The van der Waals surface area contributed by atoms with Crippen LogP contribution in [0.1, 0.15) is 42.0 Å². The van der Waals surface area contributed by atoms with Crippen LogP contribution in [0.25, 0.3) is 28.0 Å². The Labute approximate surface area is 222 Å². The van der Waals surface area contributed by atoms with Crippen LogP contribution in [0.5, 0.6) is 0 Å². The van der Waals surface area contributed by atoms with E-state index in [0.717, 1.165) is 23.1 Å². The number of fused-ring (bicyclic) bond motifs is 1. The Bertz CT molecular complexity index is 1760. The van der Waals surface area contributed by atoms with Crippen molar-refractivity contribution in [3.8, 4) is 22.4 Å². The van der Waals surface area contributed by atoms with Crippen LogP contribution in [0.2, 0.25) is 0 Å². The summed E-state index contributed by atoms with van der Waals surface area (Å²) in [5, 5.41) is 18.6. The van der Waals surface area contributed by atoms with Crippen molar-refractivity contribution in [1.29, 1.82) is 0 Å². The number of anilines is 1. The molecule has 39 heavy (non-hydrogen) atoms. The number of aromatic nitrogens is 9. The molecule has 1 aliphatic rings. The molecule has 6 rings (SSSR count). The van der Waals surface area contributed by atoms with Gasteiger partial charge in [-0.1, -0.05) is 6.07 Å². The van der Waals surface area contributed by atoms with E-state index in [2.05, 4.69) is 35.5 Å². The van der Waals surface area contributed by atoms with Crippen LogP contribution < -0.4 is 5.73 Å². The van der Waals surface area contributed by atoms with Gasteiger partial charge in [-0.25, -0.2) is 13.4 Å². The van der Waals surface area contributed by atoms with Crippen molar-refractivity contribution in [2.75, 3.05) is 18.5 Å². The number of carbonyl (C=O) groups excluding carboxylic acids is 1. The van der Waals surface area contributed by atoms with Crippen molar-refractivity contribution in [1.82, 2.24) is 49.9 Å². The molecule has 5 aromatic rings. The third kappa shape index (κ3) is 4.29. The number of nitrogens with zero attached hydrogens (tertiary/aromatic N) is 8. The lowest BCUT2D eigenvalue weighted by Gasteiger charge is -2.37. The first-order valence-electron chi connectivity index (χ1n) is 12.2. The molecule has 1 aliphatic heterocycles. The first kappa shape index (κ1) is 24.7. The molecule has 0 saturated carbocycles. The van der Waals surface area contributed by atoms with Crippen molar-refractivity contribution in [3.05, 3.63) is 54.8 Å². The predicted molar refractivity (Wildman–Crippen MR) is 140 cm³/mol. The molecular weight excluding hydrogens is 522 g/mol. The van der Waals surface area contributed by atoms with Gasteiger partial charge >= 0.3 is 0 Å². The van der Waals surface area contributed by atoms with E-state index >= 15 is 0 Å². The number of H-pyrrole nitrogens is 2. The summed E-state index contributed by atoms with van der Waals surface area (Å²) in [6.07, 6.45) is 10.2. The van der Waals surface area contributed by atoms with Gasteiger partial charge in [0.2, 0.25) is 5.82 Å². The number of rotatable bonds is 5. The van der Waals surface area contributed by atoms with Gasteiger partial charge in [0.05, 0.1) is 23.8 Å². The molecule has 0 bridgehead atoms. The monoisotopic (exact) mass is 547 g/mol. The Hall–Kier alpha value is -4.66. The van der Waals surface area contributed by atoms with E-state index in [1.807, 2.05) is 19.1 Å². The zero-order valence-corrected chi connectivity index (χ0v) is 21.9. The topological polar surface area (TPSA) is 194 Å². The number of amides is 1. The summed E-state index contributed by atoms with van der Waals surface area (Å²) >= 11 is 0. The van der Waals surface area contributed by atoms with E-state index in [0.29, 0.717) is 36.3 Å². The van der Waals surface area contributed by atoms with Gasteiger partial charge in [-0.15, -0.1) is 10.2 Å². The number of hydrogen-bond donors (Lipinski definition) is 3. The van der Waals surface area contributed by atoms with Crippen molar-refractivity contribution in [2.24, 2.45) is 0 Å². The number of nitrogens with two attached hydrogens (primary N) is 1.